The van der Waals surface area contributed by atoms with Gasteiger partial charge in [-0.3, -0.25) is 14.4 Å². The molecule has 9 heteroatoms. The number of likely N-dealkylation sites (tertiary alicyclic amines) is 1. The lowest BCUT2D eigenvalue weighted by molar-refractivity contribution is -0.147. The van der Waals surface area contributed by atoms with Crippen molar-refractivity contribution >= 4 is 23.4 Å². The van der Waals surface area contributed by atoms with Gasteiger partial charge in [0.1, 0.15) is 17.4 Å². The fourth-order valence-electron chi connectivity index (χ4n) is 7.42. The van der Waals surface area contributed by atoms with Crippen molar-refractivity contribution in [1.82, 2.24) is 10.2 Å². The number of ether oxygens (including phenoxy) is 2. The highest BCUT2D eigenvalue weighted by Gasteiger charge is 2.75. The normalized spacial score (nSPS) is 31.6. The number of amides is 3. The Morgan fingerprint density at radius 1 is 1.13 bits per heavy atom. The number of anilines is 1. The number of nitrogens with one attached hydrogen (secondary N) is 2. The average Bonchev–Trinajstić information content (AvgIpc) is 3.58. The summed E-state index contributed by atoms with van der Waals surface area (Å²) in [5.41, 5.74) is -0.454. The third-order valence-electron chi connectivity index (χ3n) is 9.52. The largest absolute Gasteiger partial charge is 0.494 e. The van der Waals surface area contributed by atoms with Crippen molar-refractivity contribution in [2.75, 3.05) is 18.5 Å². The maximum Gasteiger partial charge on any atom is 0.246 e. The van der Waals surface area contributed by atoms with Crippen LogP contribution in [0, 0.1) is 17.8 Å². The number of rotatable bonds is 10. The molecule has 2 bridgehead atoms. The van der Waals surface area contributed by atoms with Crippen LogP contribution in [-0.4, -0.2) is 70.8 Å². The van der Waals surface area contributed by atoms with Gasteiger partial charge >= 0.3 is 0 Å². The van der Waals surface area contributed by atoms with E-state index in [0.717, 1.165) is 32.1 Å². The molecule has 4 aliphatic rings. The number of hydrogen-bond acceptors (Lipinski definition) is 6. The number of aliphatic hydroxyl groups excluding tert-OH is 1. The van der Waals surface area contributed by atoms with Gasteiger partial charge in [-0.05, 0) is 62.8 Å². The molecule has 1 aromatic carbocycles. The monoisotopic (exact) mass is 541 g/mol. The van der Waals surface area contributed by atoms with Gasteiger partial charge in [-0.1, -0.05) is 39.5 Å². The van der Waals surface area contributed by atoms with E-state index >= 15 is 0 Å². The first-order valence-electron chi connectivity index (χ1n) is 14.8. The van der Waals surface area contributed by atoms with Crippen LogP contribution in [0.25, 0.3) is 0 Å². The van der Waals surface area contributed by atoms with Gasteiger partial charge in [0.2, 0.25) is 17.7 Å². The lowest BCUT2D eigenvalue weighted by Crippen LogP contribution is -2.60. The molecule has 3 amide bonds. The van der Waals surface area contributed by atoms with E-state index in [2.05, 4.69) is 10.6 Å². The first-order chi connectivity index (χ1) is 18.8. The molecule has 3 aliphatic heterocycles. The summed E-state index contributed by atoms with van der Waals surface area (Å²) in [7, 11) is 0. The Bertz CT molecular complexity index is 1060. The molecule has 7 atom stereocenters. The average molecular weight is 542 g/mol. The van der Waals surface area contributed by atoms with Crippen LogP contribution in [0.5, 0.6) is 5.75 Å². The van der Waals surface area contributed by atoms with Gasteiger partial charge in [-0.25, -0.2) is 0 Å². The van der Waals surface area contributed by atoms with E-state index in [1.54, 1.807) is 29.2 Å². The van der Waals surface area contributed by atoms with Crippen molar-refractivity contribution in [1.29, 1.82) is 0 Å². The third-order valence-corrected chi connectivity index (χ3v) is 9.52. The van der Waals surface area contributed by atoms with Gasteiger partial charge in [0.05, 0.1) is 37.2 Å². The molecule has 4 fully saturated rings. The first-order valence-corrected chi connectivity index (χ1v) is 14.8. The third kappa shape index (κ3) is 4.92. The number of hydrogen-bond donors (Lipinski definition) is 3. The SMILES string of the molecule is CCOc1ccc(NC(=O)[C@@H]2[C@H]3C(=O)N([C@@H](CO)[C@@H](C)CC)C(C(=O)NC4CCCCC4)C34CC[C@H]2O4)cc1. The minimum Gasteiger partial charge on any atom is -0.494 e. The highest BCUT2D eigenvalue weighted by Crippen LogP contribution is 2.59. The van der Waals surface area contributed by atoms with Crippen molar-refractivity contribution in [3.05, 3.63) is 24.3 Å². The summed E-state index contributed by atoms with van der Waals surface area (Å²) < 4.78 is 12.0. The van der Waals surface area contributed by atoms with Crippen LogP contribution in [0.4, 0.5) is 5.69 Å². The van der Waals surface area contributed by atoms with Crippen molar-refractivity contribution in [2.24, 2.45) is 17.8 Å². The maximum absolute atomic E-state index is 14.2. The number of benzene rings is 1. The molecular weight excluding hydrogens is 498 g/mol. The van der Waals surface area contributed by atoms with Crippen LogP contribution in [0.1, 0.15) is 72.1 Å². The van der Waals surface area contributed by atoms with E-state index in [-0.39, 0.29) is 36.3 Å². The fraction of sp³-hybridized carbons (Fsp3) is 0.700. The number of nitrogens with zero attached hydrogens (tertiary/aromatic N) is 1. The molecule has 1 aromatic rings. The van der Waals surface area contributed by atoms with Gasteiger partial charge < -0.3 is 30.1 Å². The number of fused-ring (bicyclic) bond motifs is 1. The van der Waals surface area contributed by atoms with Crippen molar-refractivity contribution in [2.45, 2.75) is 102 Å². The van der Waals surface area contributed by atoms with Crippen molar-refractivity contribution in [3.8, 4) is 5.75 Å². The van der Waals surface area contributed by atoms with Gasteiger partial charge in [-0.15, -0.1) is 0 Å². The second-order valence-electron chi connectivity index (χ2n) is 11.7. The minimum absolute atomic E-state index is 0.0208. The van der Waals surface area contributed by atoms with E-state index in [1.807, 2.05) is 20.8 Å². The molecule has 214 valence electrons. The number of aliphatic hydroxyl groups is 1. The molecule has 2 unspecified atom stereocenters. The molecule has 0 aromatic heterocycles. The molecule has 39 heavy (non-hydrogen) atoms. The molecule has 3 saturated heterocycles. The molecule has 1 spiro atoms. The molecule has 1 aliphatic carbocycles. The van der Waals surface area contributed by atoms with E-state index in [1.165, 1.54) is 6.42 Å². The Balaban J connectivity index is 1.44. The van der Waals surface area contributed by atoms with Crippen molar-refractivity contribution in [3.63, 3.8) is 0 Å². The lowest BCUT2D eigenvalue weighted by Gasteiger charge is -2.39. The Labute approximate surface area is 231 Å². The van der Waals surface area contributed by atoms with Gasteiger partial charge in [0.25, 0.3) is 0 Å². The maximum atomic E-state index is 14.2. The van der Waals surface area contributed by atoms with Crippen LogP contribution in [0.2, 0.25) is 0 Å². The van der Waals surface area contributed by atoms with Gasteiger partial charge in [0, 0.05) is 11.7 Å². The zero-order chi connectivity index (χ0) is 27.7. The Morgan fingerprint density at radius 3 is 2.49 bits per heavy atom. The molecule has 1 saturated carbocycles. The summed E-state index contributed by atoms with van der Waals surface area (Å²) in [6, 6.07) is 5.83. The zero-order valence-corrected chi connectivity index (χ0v) is 23.4. The summed E-state index contributed by atoms with van der Waals surface area (Å²) in [5, 5.41) is 16.6. The van der Waals surface area contributed by atoms with Crippen LogP contribution in [0.15, 0.2) is 24.3 Å². The van der Waals surface area contributed by atoms with Crippen LogP contribution >= 0.6 is 0 Å². The lowest BCUT2D eigenvalue weighted by atomic mass is 9.70. The Hall–Kier alpha value is -2.65. The number of carbonyl (C=O) groups excluding carboxylic acids is 3. The molecular formula is C30H43N3O6. The summed E-state index contributed by atoms with van der Waals surface area (Å²) in [4.78, 5) is 43.5. The highest BCUT2D eigenvalue weighted by molar-refractivity contribution is 6.02. The standard InChI is InChI=1S/C30H43N3O6/c1-4-18(3)22(17-34)33-26(28(36)32-19-9-7-6-8-10-19)30-16-15-23(39-30)24(25(30)29(33)37)27(35)31-20-11-13-21(14-12-20)38-5-2/h11-14,18-19,22-26,34H,4-10,15-17H2,1-3H3,(H,31,35)(H,32,36)/t18-,22-,23+,24-,25-,26?,30?/m0/s1. The van der Waals surface area contributed by atoms with E-state index < -0.39 is 35.6 Å². The topological polar surface area (TPSA) is 117 Å². The van der Waals surface area contributed by atoms with E-state index in [4.69, 9.17) is 9.47 Å². The van der Waals surface area contributed by atoms with E-state index in [9.17, 15) is 19.5 Å². The summed E-state index contributed by atoms with van der Waals surface area (Å²) in [5.74, 6) is -1.52. The molecule has 0 radical (unpaired) electrons. The van der Waals surface area contributed by atoms with Crippen molar-refractivity contribution < 1.29 is 29.0 Å². The smallest absolute Gasteiger partial charge is 0.246 e. The van der Waals surface area contributed by atoms with Crippen LogP contribution < -0.4 is 15.4 Å². The van der Waals surface area contributed by atoms with Crippen LogP contribution in [0.3, 0.4) is 0 Å². The predicted molar refractivity (Wildman–Crippen MR) is 146 cm³/mol. The second kappa shape index (κ2) is 11.5. The van der Waals surface area contributed by atoms with Gasteiger partial charge in [-0.2, -0.15) is 0 Å². The summed E-state index contributed by atoms with van der Waals surface area (Å²) in [6.07, 6.45) is 6.64. The molecule has 9 nitrogen and oxygen atoms in total. The fourth-order valence-corrected chi connectivity index (χ4v) is 7.42. The summed E-state index contributed by atoms with van der Waals surface area (Å²) in [6.45, 7) is 6.22. The number of carbonyl (C=O) groups is 3. The highest BCUT2D eigenvalue weighted by atomic mass is 16.5. The second-order valence-corrected chi connectivity index (χ2v) is 11.7. The zero-order valence-electron chi connectivity index (χ0n) is 23.4. The van der Waals surface area contributed by atoms with Gasteiger partial charge in [0.15, 0.2) is 0 Å². The molecule has 3 heterocycles. The quantitative estimate of drug-likeness (QED) is 0.419. The van der Waals surface area contributed by atoms with Crippen LogP contribution in [-0.2, 0) is 19.1 Å². The predicted octanol–water partition coefficient (Wildman–Crippen LogP) is 3.25. The molecule has 3 N–H and O–H groups in total. The Morgan fingerprint density at radius 2 is 1.85 bits per heavy atom. The Kier molecular flexibility index (Phi) is 8.19. The first kappa shape index (κ1) is 27.9. The van der Waals surface area contributed by atoms with E-state index in [0.29, 0.717) is 30.9 Å². The summed E-state index contributed by atoms with van der Waals surface area (Å²) >= 11 is 0. The molecule has 5 rings (SSSR count). The minimum atomic E-state index is -1.07.